The van der Waals surface area contributed by atoms with Gasteiger partial charge in [-0.25, -0.2) is 0 Å². The van der Waals surface area contributed by atoms with Gasteiger partial charge < -0.3 is 4.74 Å². The van der Waals surface area contributed by atoms with Gasteiger partial charge in [-0.1, -0.05) is 42.5 Å². The van der Waals surface area contributed by atoms with Crippen LogP contribution in [0.15, 0.2) is 54.6 Å². The van der Waals surface area contributed by atoms with Crippen molar-refractivity contribution in [2.75, 3.05) is 12.4 Å². The van der Waals surface area contributed by atoms with Crippen molar-refractivity contribution in [1.29, 1.82) is 0 Å². The Morgan fingerprint density at radius 1 is 0.778 bits per heavy atom. The molecule has 2 aromatic carbocycles. The maximum absolute atomic E-state index is 5.66. The van der Waals surface area contributed by atoms with E-state index in [-0.39, 0.29) is 0 Å². The molecular formula is C16H18OS. The molecule has 2 heteroatoms. The van der Waals surface area contributed by atoms with Crippen LogP contribution in [0.4, 0.5) is 0 Å². The smallest absolute Gasteiger partial charge is 0.119 e. The summed E-state index contributed by atoms with van der Waals surface area (Å²) in [5.74, 6) is 1.87. The number of benzene rings is 2. The van der Waals surface area contributed by atoms with Crippen LogP contribution in [-0.2, 0) is 0 Å². The fourth-order valence-corrected chi connectivity index (χ4v) is 2.00. The highest BCUT2D eigenvalue weighted by Gasteiger charge is 1.97. The molecule has 0 aromatic heterocycles. The molecule has 0 unspecified atom stereocenters. The molecule has 0 spiro atoms. The standard InChI is InChI=1S/C16H18OS/c18-13-5-4-12-17-16-10-8-15(9-11-16)14-6-2-1-3-7-14/h1-3,6-11,18H,4-5,12-13H2. The molecule has 0 aliphatic carbocycles. The lowest BCUT2D eigenvalue weighted by Gasteiger charge is -2.07. The summed E-state index contributed by atoms with van der Waals surface area (Å²) < 4.78 is 5.66. The van der Waals surface area contributed by atoms with E-state index in [9.17, 15) is 0 Å². The Kier molecular flexibility index (Phi) is 5.15. The van der Waals surface area contributed by atoms with Crippen LogP contribution in [0.5, 0.6) is 5.75 Å². The van der Waals surface area contributed by atoms with Gasteiger partial charge in [-0.3, -0.25) is 0 Å². The average Bonchev–Trinajstić information content (AvgIpc) is 2.45. The molecule has 0 N–H and O–H groups in total. The number of rotatable bonds is 6. The van der Waals surface area contributed by atoms with Crippen LogP contribution in [0.25, 0.3) is 11.1 Å². The third kappa shape index (κ3) is 3.81. The van der Waals surface area contributed by atoms with Crippen molar-refractivity contribution in [3.8, 4) is 16.9 Å². The van der Waals surface area contributed by atoms with Gasteiger partial charge in [-0.05, 0) is 41.9 Å². The van der Waals surface area contributed by atoms with Crippen LogP contribution >= 0.6 is 12.6 Å². The van der Waals surface area contributed by atoms with E-state index in [4.69, 9.17) is 4.74 Å². The minimum atomic E-state index is 0.769. The molecule has 2 aromatic rings. The fraction of sp³-hybridized carbons (Fsp3) is 0.250. The van der Waals surface area contributed by atoms with Crippen molar-refractivity contribution >= 4 is 12.6 Å². The molecule has 0 aliphatic rings. The average molecular weight is 258 g/mol. The van der Waals surface area contributed by atoms with E-state index < -0.39 is 0 Å². The number of hydrogen-bond acceptors (Lipinski definition) is 2. The summed E-state index contributed by atoms with van der Waals surface area (Å²) in [6, 6.07) is 18.6. The highest BCUT2D eigenvalue weighted by Crippen LogP contribution is 2.22. The molecule has 18 heavy (non-hydrogen) atoms. The molecule has 0 heterocycles. The summed E-state index contributed by atoms with van der Waals surface area (Å²) >= 11 is 4.18. The summed E-state index contributed by atoms with van der Waals surface area (Å²) in [6.07, 6.45) is 2.16. The Bertz CT molecular complexity index is 450. The predicted molar refractivity (Wildman–Crippen MR) is 80.5 cm³/mol. The molecule has 0 atom stereocenters. The van der Waals surface area contributed by atoms with E-state index in [1.54, 1.807) is 0 Å². The first-order valence-corrected chi connectivity index (χ1v) is 6.92. The number of thiol groups is 1. The van der Waals surface area contributed by atoms with Crippen molar-refractivity contribution < 1.29 is 4.74 Å². The van der Waals surface area contributed by atoms with E-state index in [1.807, 2.05) is 18.2 Å². The second kappa shape index (κ2) is 7.12. The molecule has 0 radical (unpaired) electrons. The van der Waals surface area contributed by atoms with Gasteiger partial charge >= 0.3 is 0 Å². The molecule has 0 aliphatic heterocycles. The predicted octanol–water partition coefficient (Wildman–Crippen LogP) is 4.44. The van der Waals surface area contributed by atoms with Crippen LogP contribution in [0.3, 0.4) is 0 Å². The third-order valence-corrected chi connectivity index (χ3v) is 3.10. The van der Waals surface area contributed by atoms with Gasteiger partial charge in [0.2, 0.25) is 0 Å². The Balaban J connectivity index is 1.94. The van der Waals surface area contributed by atoms with Crippen molar-refractivity contribution in [3.05, 3.63) is 54.6 Å². The summed E-state index contributed by atoms with van der Waals surface area (Å²) in [6.45, 7) is 0.769. The van der Waals surface area contributed by atoms with Crippen LogP contribution in [0, 0.1) is 0 Å². The summed E-state index contributed by atoms with van der Waals surface area (Å²) in [4.78, 5) is 0. The summed E-state index contributed by atoms with van der Waals surface area (Å²) in [5, 5.41) is 0. The van der Waals surface area contributed by atoms with E-state index in [0.29, 0.717) is 0 Å². The van der Waals surface area contributed by atoms with Gasteiger partial charge in [-0.15, -0.1) is 0 Å². The van der Waals surface area contributed by atoms with Gasteiger partial charge in [0.15, 0.2) is 0 Å². The number of ether oxygens (including phenoxy) is 1. The highest BCUT2D eigenvalue weighted by atomic mass is 32.1. The second-order valence-corrected chi connectivity index (χ2v) is 4.62. The Morgan fingerprint density at radius 2 is 1.44 bits per heavy atom. The molecule has 1 nitrogen and oxygen atoms in total. The molecule has 0 amide bonds. The monoisotopic (exact) mass is 258 g/mol. The first-order valence-electron chi connectivity index (χ1n) is 6.29. The van der Waals surface area contributed by atoms with Crippen LogP contribution in [-0.4, -0.2) is 12.4 Å². The molecule has 0 saturated heterocycles. The zero-order valence-electron chi connectivity index (χ0n) is 10.4. The summed E-state index contributed by atoms with van der Waals surface area (Å²) in [5.41, 5.74) is 2.46. The first-order chi connectivity index (χ1) is 8.90. The van der Waals surface area contributed by atoms with Crippen LogP contribution in [0.1, 0.15) is 12.8 Å². The molecule has 2 rings (SSSR count). The zero-order chi connectivity index (χ0) is 12.6. The van der Waals surface area contributed by atoms with Gasteiger partial charge in [0.05, 0.1) is 6.61 Å². The van der Waals surface area contributed by atoms with Crippen molar-refractivity contribution in [2.45, 2.75) is 12.8 Å². The lowest BCUT2D eigenvalue weighted by molar-refractivity contribution is 0.310. The molecule has 0 fully saturated rings. The largest absolute Gasteiger partial charge is 0.494 e. The minimum absolute atomic E-state index is 0.769. The molecule has 0 bridgehead atoms. The highest BCUT2D eigenvalue weighted by molar-refractivity contribution is 7.80. The van der Waals surface area contributed by atoms with Gasteiger partial charge in [0.1, 0.15) is 5.75 Å². The Hall–Kier alpha value is -1.41. The van der Waals surface area contributed by atoms with Crippen molar-refractivity contribution in [3.63, 3.8) is 0 Å². The quantitative estimate of drug-likeness (QED) is 0.595. The number of hydrogen-bond donors (Lipinski definition) is 1. The topological polar surface area (TPSA) is 9.23 Å². The SMILES string of the molecule is SCCCCOc1ccc(-c2ccccc2)cc1. The second-order valence-electron chi connectivity index (χ2n) is 4.17. The maximum Gasteiger partial charge on any atom is 0.119 e. The lowest BCUT2D eigenvalue weighted by atomic mass is 10.1. The number of unbranched alkanes of at least 4 members (excludes halogenated alkanes) is 1. The van der Waals surface area contributed by atoms with Crippen LogP contribution < -0.4 is 4.74 Å². The van der Waals surface area contributed by atoms with Gasteiger partial charge in [-0.2, -0.15) is 12.6 Å². The first kappa shape index (κ1) is 13.0. The Morgan fingerprint density at radius 3 is 2.11 bits per heavy atom. The van der Waals surface area contributed by atoms with E-state index in [1.165, 1.54) is 11.1 Å². The van der Waals surface area contributed by atoms with E-state index >= 15 is 0 Å². The van der Waals surface area contributed by atoms with E-state index in [2.05, 4.69) is 49.0 Å². The molecular weight excluding hydrogens is 240 g/mol. The normalized spacial score (nSPS) is 10.3. The zero-order valence-corrected chi connectivity index (χ0v) is 11.3. The Labute approximate surface area is 114 Å². The molecule has 0 saturated carbocycles. The van der Waals surface area contributed by atoms with Crippen molar-refractivity contribution in [1.82, 2.24) is 0 Å². The van der Waals surface area contributed by atoms with Gasteiger partial charge in [0, 0.05) is 0 Å². The summed E-state index contributed by atoms with van der Waals surface area (Å²) in [7, 11) is 0. The van der Waals surface area contributed by atoms with Crippen molar-refractivity contribution in [2.24, 2.45) is 0 Å². The minimum Gasteiger partial charge on any atom is -0.494 e. The van der Waals surface area contributed by atoms with Crippen LogP contribution in [0.2, 0.25) is 0 Å². The third-order valence-electron chi connectivity index (χ3n) is 2.78. The molecule has 94 valence electrons. The lowest BCUT2D eigenvalue weighted by Crippen LogP contribution is -1.97. The fourth-order valence-electron chi connectivity index (χ4n) is 1.78. The maximum atomic E-state index is 5.66. The van der Waals surface area contributed by atoms with Gasteiger partial charge in [0.25, 0.3) is 0 Å². The van der Waals surface area contributed by atoms with E-state index in [0.717, 1.165) is 31.0 Å².